The zero-order chi connectivity index (χ0) is 11.8. The molecule has 0 saturated heterocycles. The van der Waals surface area contributed by atoms with E-state index in [1.165, 1.54) is 25.7 Å². The molecule has 0 unspecified atom stereocenters. The molecule has 2 bridgehead atoms. The fraction of sp³-hybridized carbons (Fsp3) is 0.833. The van der Waals surface area contributed by atoms with Gasteiger partial charge in [0, 0.05) is 12.0 Å². The monoisotopic (exact) mass is 253 g/mol. The molecule has 0 aromatic heterocycles. The van der Waals surface area contributed by atoms with Crippen molar-refractivity contribution in [3.8, 4) is 0 Å². The maximum absolute atomic E-state index is 11.4. The number of rotatable bonds is 2. The Kier molecular flexibility index (Phi) is 2.94. The van der Waals surface area contributed by atoms with Gasteiger partial charge in [0.05, 0.1) is 0 Å². The first kappa shape index (κ1) is 11.3. The van der Waals surface area contributed by atoms with Crippen molar-refractivity contribution < 1.29 is 4.79 Å². The van der Waals surface area contributed by atoms with E-state index in [0.717, 1.165) is 24.7 Å². The lowest BCUT2D eigenvalue weighted by molar-refractivity contribution is -0.122. The lowest BCUT2D eigenvalue weighted by Gasteiger charge is -2.24. The largest absolute Gasteiger partial charge is 0.358 e. The van der Waals surface area contributed by atoms with Gasteiger partial charge in [-0.05, 0) is 56.2 Å². The average Bonchev–Trinajstić information content (AvgIpc) is 2.97. The minimum absolute atomic E-state index is 0.0714. The molecule has 3 aliphatic rings. The molecule has 0 spiro atoms. The first-order chi connectivity index (χ1) is 8.22. The van der Waals surface area contributed by atoms with Crippen molar-refractivity contribution >= 4 is 23.2 Å². The summed E-state index contributed by atoms with van der Waals surface area (Å²) in [6.45, 7) is 0. The second-order valence-corrected chi connectivity index (χ2v) is 6.05. The Balaban J connectivity index is 1.39. The molecule has 17 heavy (non-hydrogen) atoms. The molecule has 0 heterocycles. The zero-order valence-corrected chi connectivity index (χ0v) is 10.7. The summed E-state index contributed by atoms with van der Waals surface area (Å²) in [6.07, 6.45) is 7.35. The third kappa shape index (κ3) is 2.54. The molecule has 3 aliphatic carbocycles. The summed E-state index contributed by atoms with van der Waals surface area (Å²) in [7, 11) is 0. The number of hydrogen-bond donors (Lipinski definition) is 3. The van der Waals surface area contributed by atoms with Crippen LogP contribution in [-0.2, 0) is 4.79 Å². The summed E-state index contributed by atoms with van der Waals surface area (Å²) >= 11 is 5.19. The molecule has 3 saturated carbocycles. The van der Waals surface area contributed by atoms with Crippen molar-refractivity contribution in [2.75, 3.05) is 0 Å². The molecule has 0 aliphatic heterocycles. The summed E-state index contributed by atoms with van der Waals surface area (Å²) < 4.78 is 0. The van der Waals surface area contributed by atoms with Crippen LogP contribution in [0, 0.1) is 17.8 Å². The van der Waals surface area contributed by atoms with Gasteiger partial charge in [-0.2, -0.15) is 0 Å². The van der Waals surface area contributed by atoms with Gasteiger partial charge in [0.25, 0.3) is 0 Å². The predicted octanol–water partition coefficient (Wildman–Crippen LogP) is 1.08. The van der Waals surface area contributed by atoms with Gasteiger partial charge in [0.15, 0.2) is 5.11 Å². The second kappa shape index (κ2) is 4.44. The highest BCUT2D eigenvalue weighted by Crippen LogP contribution is 2.44. The van der Waals surface area contributed by atoms with Gasteiger partial charge < -0.3 is 5.32 Å². The standard InChI is InChI=1S/C12H19N3OS/c16-11(8-3-4-8)14-15-12(17)13-10-6-7-1-2-9(10)5-7/h7-10H,1-6H2,(H,14,16)(H2,13,15,17)/t7-,9+,10-/m0/s1. The van der Waals surface area contributed by atoms with E-state index >= 15 is 0 Å². The Morgan fingerprint density at radius 3 is 2.47 bits per heavy atom. The molecular formula is C12H19N3OS. The summed E-state index contributed by atoms with van der Waals surface area (Å²) in [4.78, 5) is 11.4. The van der Waals surface area contributed by atoms with E-state index in [9.17, 15) is 4.79 Å². The quantitative estimate of drug-likeness (QED) is 0.509. The number of hydrogen-bond acceptors (Lipinski definition) is 2. The van der Waals surface area contributed by atoms with E-state index in [0.29, 0.717) is 11.2 Å². The maximum atomic E-state index is 11.4. The van der Waals surface area contributed by atoms with Crippen LogP contribution in [0.25, 0.3) is 0 Å². The van der Waals surface area contributed by atoms with Crippen LogP contribution in [0.4, 0.5) is 0 Å². The molecule has 94 valence electrons. The molecule has 0 aromatic rings. The van der Waals surface area contributed by atoms with E-state index in [1.54, 1.807) is 0 Å². The van der Waals surface area contributed by atoms with Gasteiger partial charge in [0.1, 0.15) is 0 Å². The van der Waals surface area contributed by atoms with Crippen LogP contribution in [-0.4, -0.2) is 17.1 Å². The van der Waals surface area contributed by atoms with Crippen molar-refractivity contribution in [1.29, 1.82) is 0 Å². The molecule has 1 amide bonds. The van der Waals surface area contributed by atoms with E-state index in [-0.39, 0.29) is 11.8 Å². The normalized spacial score (nSPS) is 34.5. The molecule has 3 N–H and O–H groups in total. The van der Waals surface area contributed by atoms with Gasteiger partial charge in [-0.15, -0.1) is 0 Å². The molecule has 3 atom stereocenters. The smallest absolute Gasteiger partial charge is 0.241 e. The fourth-order valence-corrected chi connectivity index (χ4v) is 3.39. The van der Waals surface area contributed by atoms with E-state index in [2.05, 4.69) is 16.2 Å². The Morgan fingerprint density at radius 2 is 1.88 bits per heavy atom. The zero-order valence-electron chi connectivity index (χ0n) is 9.87. The molecular weight excluding hydrogens is 234 g/mol. The minimum atomic E-state index is 0.0714. The first-order valence-corrected chi connectivity index (χ1v) is 6.99. The average molecular weight is 253 g/mol. The van der Waals surface area contributed by atoms with Gasteiger partial charge >= 0.3 is 0 Å². The highest BCUT2D eigenvalue weighted by molar-refractivity contribution is 7.80. The molecule has 3 rings (SSSR count). The highest BCUT2D eigenvalue weighted by atomic mass is 32.1. The molecule has 3 fully saturated rings. The van der Waals surface area contributed by atoms with Crippen LogP contribution < -0.4 is 16.2 Å². The van der Waals surface area contributed by atoms with E-state index in [4.69, 9.17) is 12.2 Å². The van der Waals surface area contributed by atoms with Crippen LogP contribution in [0.1, 0.15) is 38.5 Å². The highest BCUT2D eigenvalue weighted by Gasteiger charge is 2.39. The maximum Gasteiger partial charge on any atom is 0.241 e. The second-order valence-electron chi connectivity index (χ2n) is 5.64. The van der Waals surface area contributed by atoms with Crippen LogP contribution >= 0.6 is 12.2 Å². The number of fused-ring (bicyclic) bond motifs is 2. The minimum Gasteiger partial charge on any atom is -0.358 e. The molecule has 4 nitrogen and oxygen atoms in total. The third-order valence-corrected chi connectivity index (χ3v) is 4.52. The Hall–Kier alpha value is -0.840. The number of carbonyl (C=O) groups excluding carboxylic acids is 1. The SMILES string of the molecule is O=C(NNC(=S)N[C@H]1C[C@H]2CC[C@@H]1C2)C1CC1. The Morgan fingerprint density at radius 1 is 1.06 bits per heavy atom. The van der Waals surface area contributed by atoms with Crippen LogP contribution in [0.2, 0.25) is 0 Å². The first-order valence-electron chi connectivity index (χ1n) is 6.58. The van der Waals surface area contributed by atoms with Crippen LogP contribution in [0.3, 0.4) is 0 Å². The fourth-order valence-electron chi connectivity index (χ4n) is 3.19. The Bertz CT molecular complexity index is 343. The summed E-state index contributed by atoms with van der Waals surface area (Å²) in [5, 5.41) is 3.90. The summed E-state index contributed by atoms with van der Waals surface area (Å²) in [6, 6.07) is 0.520. The van der Waals surface area contributed by atoms with Gasteiger partial charge in [-0.1, -0.05) is 6.42 Å². The lowest BCUT2D eigenvalue weighted by atomic mass is 9.96. The van der Waals surface area contributed by atoms with Gasteiger partial charge in [0.2, 0.25) is 5.91 Å². The molecule has 0 radical (unpaired) electrons. The van der Waals surface area contributed by atoms with Crippen LogP contribution in [0.5, 0.6) is 0 Å². The number of hydrazine groups is 1. The van der Waals surface area contributed by atoms with Crippen molar-refractivity contribution in [3.05, 3.63) is 0 Å². The third-order valence-electron chi connectivity index (χ3n) is 4.30. The van der Waals surface area contributed by atoms with Crippen molar-refractivity contribution in [3.63, 3.8) is 0 Å². The molecule has 5 heteroatoms. The van der Waals surface area contributed by atoms with Crippen molar-refractivity contribution in [1.82, 2.24) is 16.2 Å². The molecule has 0 aromatic carbocycles. The van der Waals surface area contributed by atoms with Gasteiger partial charge in [-0.3, -0.25) is 15.6 Å². The summed E-state index contributed by atoms with van der Waals surface area (Å²) in [5.74, 6) is 1.98. The van der Waals surface area contributed by atoms with Crippen molar-refractivity contribution in [2.24, 2.45) is 17.8 Å². The number of nitrogens with one attached hydrogen (secondary N) is 3. The lowest BCUT2D eigenvalue weighted by Crippen LogP contribution is -2.51. The van der Waals surface area contributed by atoms with Crippen LogP contribution in [0.15, 0.2) is 0 Å². The van der Waals surface area contributed by atoms with Gasteiger partial charge in [-0.25, -0.2) is 0 Å². The number of amides is 1. The van der Waals surface area contributed by atoms with E-state index in [1.807, 2.05) is 0 Å². The summed E-state index contributed by atoms with van der Waals surface area (Å²) in [5.41, 5.74) is 5.48. The number of carbonyl (C=O) groups is 1. The predicted molar refractivity (Wildman–Crippen MR) is 69.0 cm³/mol. The topological polar surface area (TPSA) is 53.2 Å². The van der Waals surface area contributed by atoms with Crippen molar-refractivity contribution in [2.45, 2.75) is 44.6 Å². The van der Waals surface area contributed by atoms with E-state index < -0.39 is 0 Å². The Labute approximate surface area is 107 Å². The number of thiocarbonyl (C=S) groups is 1.